The molecular formula is C20H18F3N7O2. The molecule has 1 aromatic carbocycles. The summed E-state index contributed by atoms with van der Waals surface area (Å²) in [5.74, 6) is 1.08. The number of aromatic nitrogens is 5. The van der Waals surface area contributed by atoms with E-state index < -0.39 is 23.3 Å². The predicted molar refractivity (Wildman–Crippen MR) is 103 cm³/mol. The monoisotopic (exact) mass is 445 g/mol. The van der Waals surface area contributed by atoms with Crippen LogP contribution in [0.4, 0.5) is 23.7 Å². The van der Waals surface area contributed by atoms with Crippen LogP contribution in [0.5, 0.6) is 0 Å². The molecule has 6 rings (SSSR count). The number of benzene rings is 1. The first-order valence-corrected chi connectivity index (χ1v) is 10.1. The number of nitrogens with zero attached hydrogens (tertiary/aromatic N) is 6. The number of nitrogens with one attached hydrogen (secondary N) is 1. The minimum atomic E-state index is -4.60. The lowest BCUT2D eigenvalue weighted by atomic mass is 9.31. The molecule has 0 radical (unpaired) electrons. The summed E-state index contributed by atoms with van der Waals surface area (Å²) in [4.78, 5) is 15.8. The summed E-state index contributed by atoms with van der Waals surface area (Å²) >= 11 is 0. The van der Waals surface area contributed by atoms with Crippen LogP contribution in [-0.4, -0.2) is 42.2 Å². The number of hydrogen-bond donors (Lipinski definition) is 1. The third-order valence-corrected chi connectivity index (χ3v) is 7.06. The van der Waals surface area contributed by atoms with Crippen LogP contribution in [0.15, 0.2) is 35.0 Å². The van der Waals surface area contributed by atoms with E-state index in [-0.39, 0.29) is 28.7 Å². The Morgan fingerprint density at radius 2 is 2.00 bits per heavy atom. The van der Waals surface area contributed by atoms with Crippen LogP contribution in [0.2, 0.25) is 0 Å². The fraction of sp³-hybridized carbons (Fsp3) is 0.450. The molecule has 1 unspecified atom stereocenters. The highest BCUT2D eigenvalue weighted by Gasteiger charge is 2.85. The second kappa shape index (κ2) is 5.87. The van der Waals surface area contributed by atoms with Crippen molar-refractivity contribution >= 4 is 11.7 Å². The zero-order valence-electron chi connectivity index (χ0n) is 17.1. The van der Waals surface area contributed by atoms with E-state index in [1.54, 1.807) is 11.8 Å². The van der Waals surface area contributed by atoms with E-state index in [0.717, 1.165) is 17.3 Å². The number of anilines is 1. The molecule has 1 aliphatic heterocycles. The highest BCUT2D eigenvalue weighted by atomic mass is 19.4. The van der Waals surface area contributed by atoms with Gasteiger partial charge in [0, 0.05) is 24.6 Å². The summed E-state index contributed by atoms with van der Waals surface area (Å²) in [5, 5.41) is 18.4. The summed E-state index contributed by atoms with van der Waals surface area (Å²) in [6, 6.07) is 2.98. The molecular weight excluding hydrogens is 427 g/mol. The molecule has 1 saturated heterocycles. The Morgan fingerprint density at radius 3 is 2.59 bits per heavy atom. The van der Waals surface area contributed by atoms with Gasteiger partial charge in [0.25, 0.3) is 0 Å². The topological polar surface area (TPSA) is 102 Å². The maximum absolute atomic E-state index is 13.5. The average molecular weight is 445 g/mol. The van der Waals surface area contributed by atoms with Crippen molar-refractivity contribution in [3.05, 3.63) is 47.9 Å². The van der Waals surface area contributed by atoms with Crippen molar-refractivity contribution in [2.45, 2.75) is 44.4 Å². The second-order valence-electron chi connectivity index (χ2n) is 8.98. The number of hydrogen-bond acceptors (Lipinski definition) is 6. The Kier molecular flexibility index (Phi) is 3.53. The molecule has 12 heteroatoms. The number of amides is 2. The first-order chi connectivity index (χ1) is 15.1. The van der Waals surface area contributed by atoms with Gasteiger partial charge in [-0.3, -0.25) is 0 Å². The van der Waals surface area contributed by atoms with Crippen LogP contribution in [0.1, 0.15) is 37.1 Å². The van der Waals surface area contributed by atoms with E-state index in [1.165, 1.54) is 24.5 Å². The molecule has 1 N–H and O–H groups in total. The number of urea groups is 1. The molecule has 32 heavy (non-hydrogen) atoms. The molecule has 3 aliphatic rings. The van der Waals surface area contributed by atoms with Gasteiger partial charge in [-0.05, 0) is 36.5 Å². The minimum Gasteiger partial charge on any atom is -0.423 e. The van der Waals surface area contributed by atoms with Gasteiger partial charge in [0.15, 0.2) is 0 Å². The number of carbonyl (C=O) groups is 1. The zero-order chi connectivity index (χ0) is 22.5. The van der Waals surface area contributed by atoms with Gasteiger partial charge in [-0.25, -0.2) is 4.79 Å². The highest BCUT2D eigenvalue weighted by molar-refractivity contribution is 5.92. The lowest BCUT2D eigenvalue weighted by Gasteiger charge is -2.83. The number of alkyl halides is 3. The Labute approximate surface area is 179 Å². The fourth-order valence-corrected chi connectivity index (χ4v) is 6.04. The van der Waals surface area contributed by atoms with Crippen LogP contribution in [0.25, 0.3) is 5.69 Å². The number of piperidine rings is 3. The Hall–Kier alpha value is -3.44. The van der Waals surface area contributed by atoms with Crippen molar-refractivity contribution in [2.75, 3.05) is 5.32 Å². The number of carbonyl (C=O) groups excluding carboxylic acids is 1. The molecule has 3 aromatic rings. The summed E-state index contributed by atoms with van der Waals surface area (Å²) < 4.78 is 46.1. The number of likely N-dealkylation sites (tertiary alicyclic amines) is 1. The third-order valence-electron chi connectivity index (χ3n) is 7.06. The molecule has 166 valence electrons. The van der Waals surface area contributed by atoms with E-state index in [0.29, 0.717) is 18.2 Å². The fourth-order valence-electron chi connectivity index (χ4n) is 6.04. The van der Waals surface area contributed by atoms with Crippen LogP contribution in [0, 0.1) is 18.3 Å². The maximum atomic E-state index is 13.5. The van der Waals surface area contributed by atoms with Crippen LogP contribution in [0.3, 0.4) is 0 Å². The number of halogens is 3. The van der Waals surface area contributed by atoms with Gasteiger partial charge < -0.3 is 14.6 Å². The van der Waals surface area contributed by atoms with E-state index in [1.807, 2.05) is 0 Å². The van der Waals surface area contributed by atoms with E-state index in [4.69, 9.17) is 4.42 Å². The first-order valence-electron chi connectivity index (χ1n) is 10.1. The quantitative estimate of drug-likeness (QED) is 0.662. The smallest absolute Gasteiger partial charge is 0.418 e. The van der Waals surface area contributed by atoms with Crippen molar-refractivity contribution in [1.82, 2.24) is 30.1 Å². The van der Waals surface area contributed by atoms with Crippen molar-refractivity contribution in [3.63, 3.8) is 0 Å². The Balaban J connectivity index is 1.32. The third kappa shape index (κ3) is 2.32. The minimum absolute atomic E-state index is 0.0441. The van der Waals surface area contributed by atoms with E-state index >= 15 is 0 Å². The SMILES string of the molecule is Cc1nnc([C@@]23C[C@]4(C)C[C@@H](C42)N3C(=O)Nc2ccc(C(F)(F)F)c(-n3nccn3)c2)o1. The van der Waals surface area contributed by atoms with Crippen LogP contribution < -0.4 is 5.32 Å². The van der Waals surface area contributed by atoms with Crippen LogP contribution in [-0.2, 0) is 11.7 Å². The van der Waals surface area contributed by atoms with Crippen molar-refractivity contribution in [2.24, 2.45) is 11.3 Å². The van der Waals surface area contributed by atoms with Gasteiger partial charge in [0.1, 0.15) is 5.54 Å². The molecule has 3 heterocycles. The normalized spacial score (nSPS) is 30.1. The van der Waals surface area contributed by atoms with Crippen molar-refractivity contribution < 1.29 is 22.4 Å². The lowest BCUT2D eigenvalue weighted by molar-refractivity contribution is -0.350. The van der Waals surface area contributed by atoms with Gasteiger partial charge in [-0.2, -0.15) is 28.2 Å². The van der Waals surface area contributed by atoms with Crippen molar-refractivity contribution in [3.8, 4) is 5.69 Å². The number of aryl methyl sites for hydroxylation is 1. The standard InChI is InChI=1S/C20H18F3N7O2/c1-10-27-28-16(32-10)19-9-18(2)8-14(15(18)19)29(19)17(31)26-11-3-4-12(20(21,22)23)13(7-11)30-24-5-6-25-30/h3-7,14-15H,8-9H2,1-2H3,(H,26,31)/t14-,15?,18-,19+/m0/s1. The van der Waals surface area contributed by atoms with E-state index in [9.17, 15) is 18.0 Å². The summed E-state index contributed by atoms with van der Waals surface area (Å²) in [7, 11) is 0. The molecule has 2 saturated carbocycles. The molecule has 2 aliphatic carbocycles. The summed E-state index contributed by atoms with van der Waals surface area (Å²) in [5.41, 5.74) is -1.47. The molecule has 4 atom stereocenters. The predicted octanol–water partition coefficient (Wildman–Crippen LogP) is 3.52. The summed E-state index contributed by atoms with van der Waals surface area (Å²) in [6.07, 6.45) is -0.447. The summed E-state index contributed by atoms with van der Waals surface area (Å²) in [6.45, 7) is 3.88. The van der Waals surface area contributed by atoms with Gasteiger partial charge in [-0.15, -0.1) is 10.2 Å². The van der Waals surface area contributed by atoms with Gasteiger partial charge in [0.05, 0.1) is 23.6 Å². The Bertz CT molecular complexity index is 1240. The molecule has 2 amide bonds. The van der Waals surface area contributed by atoms with Crippen LogP contribution >= 0.6 is 0 Å². The largest absolute Gasteiger partial charge is 0.423 e. The van der Waals surface area contributed by atoms with E-state index in [2.05, 4.69) is 32.6 Å². The molecule has 2 aromatic heterocycles. The molecule has 3 fully saturated rings. The Morgan fingerprint density at radius 1 is 1.25 bits per heavy atom. The molecule has 0 bridgehead atoms. The highest BCUT2D eigenvalue weighted by Crippen LogP contribution is 2.80. The number of rotatable bonds is 3. The lowest BCUT2D eigenvalue weighted by Crippen LogP contribution is -2.90. The molecule has 0 spiro atoms. The van der Waals surface area contributed by atoms with Gasteiger partial charge >= 0.3 is 12.2 Å². The second-order valence-corrected chi connectivity index (χ2v) is 8.98. The maximum Gasteiger partial charge on any atom is 0.418 e. The van der Waals surface area contributed by atoms with Crippen molar-refractivity contribution in [1.29, 1.82) is 0 Å². The van der Waals surface area contributed by atoms with Gasteiger partial charge in [0.2, 0.25) is 11.8 Å². The average Bonchev–Trinajstić information content (AvgIpc) is 3.37. The molecule has 9 nitrogen and oxygen atoms in total. The van der Waals surface area contributed by atoms with Gasteiger partial charge in [-0.1, -0.05) is 6.92 Å². The zero-order valence-corrected chi connectivity index (χ0v) is 17.1. The first kappa shape index (κ1) is 19.3.